The molecule has 0 bridgehead atoms. The van der Waals surface area contributed by atoms with Gasteiger partial charge in [0.25, 0.3) is 0 Å². The molecule has 3 aromatic rings. The van der Waals surface area contributed by atoms with E-state index < -0.39 is 10.0 Å². The van der Waals surface area contributed by atoms with Gasteiger partial charge in [0.1, 0.15) is 17.8 Å². The zero-order chi connectivity index (χ0) is 21.0. The Balaban J connectivity index is 1.68. The number of hydrogen-bond donors (Lipinski definition) is 0. The van der Waals surface area contributed by atoms with Crippen molar-refractivity contribution in [2.45, 2.75) is 30.4 Å². The lowest BCUT2D eigenvalue weighted by atomic mass is 10.2. The molecule has 1 saturated heterocycles. The van der Waals surface area contributed by atoms with Crippen molar-refractivity contribution < 1.29 is 17.9 Å². The average Bonchev–Trinajstić information content (AvgIpc) is 3.48. The van der Waals surface area contributed by atoms with Crippen LogP contribution < -0.4 is 4.74 Å². The van der Waals surface area contributed by atoms with E-state index in [0.29, 0.717) is 24.6 Å². The second-order valence-electron chi connectivity index (χ2n) is 7.01. The highest BCUT2D eigenvalue weighted by molar-refractivity contribution is 7.89. The van der Waals surface area contributed by atoms with Gasteiger partial charge in [0, 0.05) is 25.8 Å². The van der Waals surface area contributed by atoms with E-state index in [2.05, 4.69) is 15.5 Å². The number of sulfonamides is 1. The van der Waals surface area contributed by atoms with Gasteiger partial charge in [0.05, 0.1) is 18.1 Å². The number of hydrogen-bond acceptors (Lipinski definition) is 7. The van der Waals surface area contributed by atoms with E-state index in [1.54, 1.807) is 12.1 Å². The third kappa shape index (κ3) is 4.35. The summed E-state index contributed by atoms with van der Waals surface area (Å²) in [4.78, 5) is 0.144. The van der Waals surface area contributed by atoms with Gasteiger partial charge in [-0.2, -0.15) is 8.99 Å². The highest BCUT2D eigenvalue weighted by atomic mass is 32.2. The number of methoxy groups -OCH3 is 1. The normalized spacial score (nSPS) is 16.8. The van der Waals surface area contributed by atoms with E-state index in [1.807, 2.05) is 30.3 Å². The van der Waals surface area contributed by atoms with Crippen LogP contribution in [0, 0.1) is 0 Å². The first kappa shape index (κ1) is 20.5. The van der Waals surface area contributed by atoms with Crippen molar-refractivity contribution in [3.05, 3.63) is 60.4 Å². The number of benzene rings is 2. The topological polar surface area (TPSA) is 99.4 Å². The first-order chi connectivity index (χ1) is 14.6. The van der Waals surface area contributed by atoms with Gasteiger partial charge < -0.3 is 9.47 Å². The first-order valence-electron chi connectivity index (χ1n) is 9.65. The summed E-state index contributed by atoms with van der Waals surface area (Å²) in [5.41, 5.74) is 1.46. The minimum absolute atomic E-state index is 0.106. The smallest absolute Gasteiger partial charge is 0.243 e. The average molecular weight is 430 g/mol. The molecule has 1 fully saturated rings. The summed E-state index contributed by atoms with van der Waals surface area (Å²) in [6, 6.07) is 14.2. The monoisotopic (exact) mass is 429 g/mol. The molecule has 0 radical (unpaired) electrons. The van der Waals surface area contributed by atoms with Crippen LogP contribution in [-0.2, 0) is 21.3 Å². The molecule has 0 N–H and O–H groups in total. The Morgan fingerprint density at radius 3 is 2.73 bits per heavy atom. The zero-order valence-electron chi connectivity index (χ0n) is 16.6. The third-order valence-electron chi connectivity index (χ3n) is 5.02. The van der Waals surface area contributed by atoms with E-state index in [1.165, 1.54) is 28.5 Å². The van der Waals surface area contributed by atoms with Crippen LogP contribution in [0.15, 0.2) is 59.8 Å². The molecule has 0 spiro atoms. The van der Waals surface area contributed by atoms with Gasteiger partial charge in [0.15, 0.2) is 0 Å². The van der Waals surface area contributed by atoms with Crippen molar-refractivity contribution in [3.63, 3.8) is 0 Å². The van der Waals surface area contributed by atoms with Gasteiger partial charge >= 0.3 is 0 Å². The first-order valence-corrected chi connectivity index (χ1v) is 11.1. The lowest BCUT2D eigenvalue weighted by Crippen LogP contribution is -2.37. The molecule has 1 aliphatic rings. The number of aromatic nitrogens is 4. The Labute approximate surface area is 175 Å². The maximum Gasteiger partial charge on any atom is 0.243 e. The van der Waals surface area contributed by atoms with Crippen molar-refractivity contribution in [2.75, 3.05) is 20.3 Å². The molecule has 30 heavy (non-hydrogen) atoms. The van der Waals surface area contributed by atoms with Crippen LogP contribution >= 0.6 is 0 Å². The predicted molar refractivity (Wildman–Crippen MR) is 109 cm³/mol. The molecule has 2 heterocycles. The van der Waals surface area contributed by atoms with Crippen LogP contribution in [0.25, 0.3) is 5.69 Å². The molecule has 0 saturated carbocycles. The predicted octanol–water partition coefficient (Wildman–Crippen LogP) is 2.04. The molecule has 1 unspecified atom stereocenters. The third-order valence-corrected chi connectivity index (χ3v) is 6.83. The van der Waals surface area contributed by atoms with Gasteiger partial charge in [0.2, 0.25) is 10.0 Å². The SMILES string of the molecule is COc1cc(S(=O)(=O)N(Cc2ccccc2)CC2CCCO2)ccc1-n1cnnn1. The van der Waals surface area contributed by atoms with Gasteiger partial charge in [-0.1, -0.05) is 30.3 Å². The Bertz CT molecular complexity index is 1070. The van der Waals surface area contributed by atoms with E-state index in [4.69, 9.17) is 9.47 Å². The van der Waals surface area contributed by atoms with E-state index in [9.17, 15) is 8.42 Å². The molecular formula is C20H23N5O4S. The summed E-state index contributed by atoms with van der Waals surface area (Å²) < 4.78 is 41.1. The molecule has 0 aliphatic carbocycles. The lowest BCUT2D eigenvalue weighted by molar-refractivity contribution is 0.0926. The molecule has 2 aromatic carbocycles. The van der Waals surface area contributed by atoms with Gasteiger partial charge in [-0.05, 0) is 41.0 Å². The van der Waals surface area contributed by atoms with Crippen LogP contribution in [0.1, 0.15) is 18.4 Å². The number of nitrogens with zero attached hydrogens (tertiary/aromatic N) is 5. The second kappa shape index (κ2) is 8.90. The number of rotatable bonds is 8. The standard InChI is InChI=1S/C20H23N5O4S/c1-28-20-12-18(9-10-19(20)25-15-21-22-23-25)30(26,27)24(14-17-8-5-11-29-17)13-16-6-3-2-4-7-16/h2-4,6-7,9-10,12,15,17H,5,8,11,13-14H2,1H3. The largest absolute Gasteiger partial charge is 0.494 e. The molecule has 10 heteroatoms. The van der Waals surface area contributed by atoms with Crippen LogP contribution in [0.2, 0.25) is 0 Å². The fourth-order valence-corrected chi connectivity index (χ4v) is 4.95. The second-order valence-corrected chi connectivity index (χ2v) is 8.94. The van der Waals surface area contributed by atoms with Crippen LogP contribution in [0.4, 0.5) is 0 Å². The molecule has 9 nitrogen and oxygen atoms in total. The fraction of sp³-hybridized carbons (Fsp3) is 0.350. The Hall–Kier alpha value is -2.82. The molecule has 1 aliphatic heterocycles. The summed E-state index contributed by atoms with van der Waals surface area (Å²) in [6.45, 7) is 1.23. The molecular weight excluding hydrogens is 406 g/mol. The van der Waals surface area contributed by atoms with Crippen molar-refractivity contribution in [1.29, 1.82) is 0 Å². The fourth-order valence-electron chi connectivity index (χ4n) is 3.48. The maximum absolute atomic E-state index is 13.6. The van der Waals surface area contributed by atoms with E-state index >= 15 is 0 Å². The number of tetrazole rings is 1. The van der Waals surface area contributed by atoms with Gasteiger partial charge in [-0.25, -0.2) is 8.42 Å². The van der Waals surface area contributed by atoms with Crippen LogP contribution in [0.3, 0.4) is 0 Å². The summed E-state index contributed by atoms with van der Waals surface area (Å²) in [6.07, 6.45) is 3.11. The summed E-state index contributed by atoms with van der Waals surface area (Å²) >= 11 is 0. The van der Waals surface area contributed by atoms with Crippen molar-refractivity contribution in [1.82, 2.24) is 24.5 Å². The van der Waals surface area contributed by atoms with Crippen LogP contribution in [-0.4, -0.2) is 59.3 Å². The minimum atomic E-state index is -3.79. The summed E-state index contributed by atoms with van der Waals surface area (Å²) in [7, 11) is -2.31. The molecule has 1 aromatic heterocycles. The molecule has 1 atom stereocenters. The van der Waals surface area contributed by atoms with E-state index in [-0.39, 0.29) is 17.5 Å². The van der Waals surface area contributed by atoms with E-state index in [0.717, 1.165) is 18.4 Å². The molecule has 158 valence electrons. The highest BCUT2D eigenvalue weighted by Gasteiger charge is 2.30. The highest BCUT2D eigenvalue weighted by Crippen LogP contribution is 2.29. The Morgan fingerprint density at radius 2 is 2.07 bits per heavy atom. The minimum Gasteiger partial charge on any atom is -0.494 e. The Morgan fingerprint density at radius 1 is 1.23 bits per heavy atom. The van der Waals surface area contributed by atoms with Crippen molar-refractivity contribution in [2.24, 2.45) is 0 Å². The Kier molecular flexibility index (Phi) is 6.07. The zero-order valence-corrected chi connectivity index (χ0v) is 17.4. The maximum atomic E-state index is 13.6. The number of ether oxygens (including phenoxy) is 2. The lowest BCUT2D eigenvalue weighted by Gasteiger charge is -2.25. The van der Waals surface area contributed by atoms with Gasteiger partial charge in [-0.15, -0.1) is 5.10 Å². The molecule has 0 amide bonds. The van der Waals surface area contributed by atoms with Crippen molar-refractivity contribution >= 4 is 10.0 Å². The quantitative estimate of drug-likeness (QED) is 0.540. The van der Waals surface area contributed by atoms with Gasteiger partial charge in [-0.3, -0.25) is 0 Å². The summed E-state index contributed by atoms with van der Waals surface area (Å²) in [5.74, 6) is 0.361. The van der Waals surface area contributed by atoms with Crippen molar-refractivity contribution in [3.8, 4) is 11.4 Å². The van der Waals surface area contributed by atoms with Crippen LogP contribution in [0.5, 0.6) is 5.75 Å². The molecule has 4 rings (SSSR count). The summed E-state index contributed by atoms with van der Waals surface area (Å²) in [5, 5.41) is 11.1.